The first kappa shape index (κ1) is 13.6. The molecule has 0 spiro atoms. The van der Waals surface area contributed by atoms with E-state index in [9.17, 15) is 9.59 Å². The van der Waals surface area contributed by atoms with Gasteiger partial charge in [0.05, 0.1) is 18.0 Å². The molecule has 6 heteroatoms. The predicted octanol–water partition coefficient (Wildman–Crippen LogP) is 0.876. The Bertz CT molecular complexity index is 556. The highest BCUT2D eigenvalue weighted by molar-refractivity contribution is 7.12. The Morgan fingerprint density at radius 3 is 2.84 bits per heavy atom. The number of carbonyl (C=O) groups excluding carboxylic acids is 2. The Morgan fingerprint density at radius 1 is 1.42 bits per heavy atom. The summed E-state index contributed by atoms with van der Waals surface area (Å²) in [5.41, 5.74) is 0. The molecule has 0 aliphatic carbocycles. The standard InChI is InChI=1S/C13H14N2O3S/c1-14-9-12(17)15(13(14)18)8-11-6-5-10(19-11)4-2-3-7-16/h5-6,16H,3,7-9H2,1H3. The molecule has 1 fully saturated rings. The van der Waals surface area contributed by atoms with Gasteiger partial charge in [0, 0.05) is 18.3 Å². The van der Waals surface area contributed by atoms with Gasteiger partial charge in [0.15, 0.2) is 0 Å². The number of aliphatic hydroxyl groups excluding tert-OH is 1. The predicted molar refractivity (Wildman–Crippen MR) is 71.5 cm³/mol. The van der Waals surface area contributed by atoms with Crippen LogP contribution in [-0.4, -0.2) is 47.0 Å². The van der Waals surface area contributed by atoms with Crippen LogP contribution in [-0.2, 0) is 11.3 Å². The van der Waals surface area contributed by atoms with Crippen molar-refractivity contribution in [2.45, 2.75) is 13.0 Å². The maximum atomic E-state index is 11.7. The van der Waals surface area contributed by atoms with E-state index in [0.29, 0.717) is 13.0 Å². The van der Waals surface area contributed by atoms with Gasteiger partial charge in [-0.25, -0.2) is 4.79 Å². The third-order valence-corrected chi connectivity index (χ3v) is 3.64. The molecular weight excluding hydrogens is 264 g/mol. The van der Waals surface area contributed by atoms with Crippen molar-refractivity contribution in [1.82, 2.24) is 9.80 Å². The van der Waals surface area contributed by atoms with Crippen molar-refractivity contribution in [3.8, 4) is 11.8 Å². The van der Waals surface area contributed by atoms with Gasteiger partial charge in [0.25, 0.3) is 5.91 Å². The Balaban J connectivity index is 2.03. The summed E-state index contributed by atoms with van der Waals surface area (Å²) in [6, 6.07) is 3.47. The van der Waals surface area contributed by atoms with Crippen LogP contribution >= 0.6 is 11.3 Å². The average molecular weight is 278 g/mol. The lowest BCUT2D eigenvalue weighted by molar-refractivity contribution is -0.125. The molecule has 1 aliphatic rings. The van der Waals surface area contributed by atoms with Crippen LogP contribution in [0.3, 0.4) is 0 Å². The summed E-state index contributed by atoms with van der Waals surface area (Å²) >= 11 is 1.46. The molecule has 0 bridgehead atoms. The number of amides is 3. The van der Waals surface area contributed by atoms with Crippen molar-refractivity contribution in [2.75, 3.05) is 20.2 Å². The zero-order valence-electron chi connectivity index (χ0n) is 10.5. The van der Waals surface area contributed by atoms with Crippen LogP contribution < -0.4 is 0 Å². The lowest BCUT2D eigenvalue weighted by atomic mass is 10.4. The number of aliphatic hydroxyl groups is 1. The second-order valence-corrected chi connectivity index (χ2v) is 5.33. The molecule has 100 valence electrons. The normalized spacial score (nSPS) is 14.8. The van der Waals surface area contributed by atoms with Crippen LogP contribution in [0.2, 0.25) is 0 Å². The van der Waals surface area contributed by atoms with Crippen LogP contribution in [0.4, 0.5) is 4.79 Å². The zero-order chi connectivity index (χ0) is 13.8. The van der Waals surface area contributed by atoms with E-state index in [1.807, 2.05) is 12.1 Å². The minimum absolute atomic E-state index is 0.0499. The van der Waals surface area contributed by atoms with Gasteiger partial charge in [-0.05, 0) is 12.1 Å². The van der Waals surface area contributed by atoms with Gasteiger partial charge in [0.1, 0.15) is 6.54 Å². The van der Waals surface area contributed by atoms with Crippen molar-refractivity contribution in [3.63, 3.8) is 0 Å². The smallest absolute Gasteiger partial charge is 0.327 e. The number of hydrogen-bond acceptors (Lipinski definition) is 4. The van der Waals surface area contributed by atoms with Gasteiger partial charge in [-0.1, -0.05) is 11.8 Å². The molecule has 3 amide bonds. The molecule has 0 unspecified atom stereocenters. The number of imide groups is 1. The lowest BCUT2D eigenvalue weighted by Gasteiger charge is -2.12. The number of rotatable bonds is 3. The number of thiophene rings is 1. The largest absolute Gasteiger partial charge is 0.395 e. The maximum Gasteiger partial charge on any atom is 0.327 e. The summed E-state index contributed by atoms with van der Waals surface area (Å²) in [5, 5.41) is 8.64. The molecule has 1 aromatic heterocycles. The Hall–Kier alpha value is -1.84. The van der Waals surface area contributed by atoms with Crippen molar-refractivity contribution < 1.29 is 14.7 Å². The quantitative estimate of drug-likeness (QED) is 0.659. The van der Waals surface area contributed by atoms with E-state index < -0.39 is 0 Å². The molecule has 1 aliphatic heterocycles. The summed E-state index contributed by atoms with van der Waals surface area (Å²) in [6.45, 7) is 0.496. The first-order valence-electron chi connectivity index (χ1n) is 5.85. The second kappa shape index (κ2) is 5.87. The number of likely N-dealkylation sites (N-methyl/N-ethyl adjacent to an activating group) is 1. The van der Waals surface area contributed by atoms with Crippen molar-refractivity contribution in [1.29, 1.82) is 0 Å². The van der Waals surface area contributed by atoms with E-state index >= 15 is 0 Å². The summed E-state index contributed by atoms with van der Waals surface area (Å²) in [7, 11) is 1.61. The molecule has 0 saturated carbocycles. The van der Waals surface area contributed by atoms with E-state index in [2.05, 4.69) is 11.8 Å². The Labute approximate surface area is 115 Å². The fourth-order valence-electron chi connectivity index (χ4n) is 1.72. The highest BCUT2D eigenvalue weighted by Crippen LogP contribution is 2.20. The van der Waals surface area contributed by atoms with E-state index in [1.54, 1.807) is 7.05 Å². The molecule has 2 heterocycles. The lowest BCUT2D eigenvalue weighted by Crippen LogP contribution is -2.30. The summed E-state index contributed by atoms with van der Waals surface area (Å²) in [4.78, 5) is 27.8. The van der Waals surface area contributed by atoms with E-state index in [4.69, 9.17) is 5.11 Å². The van der Waals surface area contributed by atoms with Crippen molar-refractivity contribution in [3.05, 3.63) is 21.9 Å². The second-order valence-electron chi connectivity index (χ2n) is 4.16. The van der Waals surface area contributed by atoms with Gasteiger partial charge < -0.3 is 10.0 Å². The highest BCUT2D eigenvalue weighted by atomic mass is 32.1. The number of nitrogens with zero attached hydrogens (tertiary/aromatic N) is 2. The van der Waals surface area contributed by atoms with Crippen molar-refractivity contribution in [2.24, 2.45) is 0 Å². The van der Waals surface area contributed by atoms with Crippen molar-refractivity contribution >= 4 is 23.3 Å². The summed E-state index contributed by atoms with van der Waals surface area (Å²) in [6.07, 6.45) is 0.446. The molecule has 0 aromatic carbocycles. The first-order valence-corrected chi connectivity index (χ1v) is 6.67. The SMILES string of the molecule is CN1CC(=O)N(Cc2ccc(C#CCCO)s2)C1=O. The van der Waals surface area contributed by atoms with Gasteiger partial charge in [-0.2, -0.15) is 0 Å². The van der Waals surface area contributed by atoms with Gasteiger partial charge >= 0.3 is 6.03 Å². The van der Waals surface area contributed by atoms with E-state index in [-0.39, 0.29) is 25.1 Å². The zero-order valence-corrected chi connectivity index (χ0v) is 11.4. The molecule has 2 rings (SSSR count). The van der Waals surface area contributed by atoms with E-state index in [1.165, 1.54) is 21.1 Å². The summed E-state index contributed by atoms with van der Waals surface area (Å²) in [5.74, 6) is 5.60. The van der Waals surface area contributed by atoms with E-state index in [0.717, 1.165) is 9.75 Å². The van der Waals surface area contributed by atoms with Gasteiger partial charge in [-0.15, -0.1) is 11.3 Å². The number of carbonyl (C=O) groups is 2. The van der Waals surface area contributed by atoms with Crippen LogP contribution in [0.25, 0.3) is 0 Å². The maximum absolute atomic E-state index is 11.7. The third kappa shape index (κ3) is 3.13. The Morgan fingerprint density at radius 2 is 2.21 bits per heavy atom. The molecule has 1 aromatic rings. The van der Waals surface area contributed by atoms with Crippen LogP contribution in [0.15, 0.2) is 12.1 Å². The topological polar surface area (TPSA) is 60.9 Å². The highest BCUT2D eigenvalue weighted by Gasteiger charge is 2.33. The molecule has 0 radical (unpaired) electrons. The minimum Gasteiger partial charge on any atom is -0.395 e. The molecular formula is C13H14N2O3S. The molecule has 19 heavy (non-hydrogen) atoms. The first-order chi connectivity index (χ1) is 9.11. The fourth-order valence-corrected chi connectivity index (χ4v) is 2.59. The minimum atomic E-state index is -0.258. The molecule has 1 saturated heterocycles. The molecule has 0 atom stereocenters. The van der Waals surface area contributed by atoms with Crippen LogP contribution in [0.5, 0.6) is 0 Å². The monoisotopic (exact) mass is 278 g/mol. The average Bonchev–Trinajstić information content (AvgIpc) is 2.91. The Kier molecular flexibility index (Phi) is 4.20. The number of hydrogen-bond donors (Lipinski definition) is 1. The van der Waals surface area contributed by atoms with Gasteiger partial charge in [-0.3, -0.25) is 9.69 Å². The molecule has 1 N–H and O–H groups in total. The van der Waals surface area contributed by atoms with Crippen LogP contribution in [0, 0.1) is 11.8 Å². The fraction of sp³-hybridized carbons (Fsp3) is 0.385. The number of urea groups is 1. The summed E-state index contributed by atoms with van der Waals surface area (Å²) < 4.78 is 0. The van der Waals surface area contributed by atoms with Gasteiger partial charge in [0.2, 0.25) is 0 Å². The molecule has 5 nitrogen and oxygen atoms in total. The third-order valence-electron chi connectivity index (χ3n) is 2.65. The van der Waals surface area contributed by atoms with Crippen LogP contribution in [0.1, 0.15) is 16.2 Å².